The highest BCUT2D eigenvalue weighted by Crippen LogP contribution is 2.24. The highest BCUT2D eigenvalue weighted by Gasteiger charge is 2.37. The first-order valence-corrected chi connectivity index (χ1v) is 11.6. The van der Waals surface area contributed by atoms with E-state index in [0.717, 1.165) is 0 Å². The molecule has 1 heterocycles. The average molecular weight is 490 g/mol. The van der Waals surface area contributed by atoms with Gasteiger partial charge < -0.3 is 24.7 Å². The van der Waals surface area contributed by atoms with Gasteiger partial charge in [-0.1, -0.05) is 40.7 Å². The summed E-state index contributed by atoms with van der Waals surface area (Å²) in [6, 6.07) is 1.96. The molecule has 1 rings (SSSR count). The van der Waals surface area contributed by atoms with Gasteiger partial charge in [0.05, 0.1) is 18.9 Å². The Morgan fingerprint density at radius 1 is 1.17 bits per heavy atom. The van der Waals surface area contributed by atoms with Crippen molar-refractivity contribution in [1.29, 1.82) is 0 Å². The number of hydrogen-bond acceptors (Lipinski definition) is 6. The number of carbonyl (C=O) groups excluding carboxylic acids is 4. The SMILES string of the molecule is CCOC(=O)/C(C)=C/[C@H](C(C)C)N(C)C(=O)[C@@H](NC(=O)/C(=C/c1ccco1)NC(C)=O)C(C)(C)C. The number of likely N-dealkylation sites (N-methyl/N-ethyl adjacent to an activating group) is 1. The molecule has 0 unspecified atom stereocenters. The van der Waals surface area contributed by atoms with Gasteiger partial charge in [-0.25, -0.2) is 4.79 Å². The molecule has 1 aromatic heterocycles. The Hall–Kier alpha value is -3.36. The summed E-state index contributed by atoms with van der Waals surface area (Å²) in [5.41, 5.74) is -0.305. The maximum absolute atomic E-state index is 13.7. The molecule has 0 saturated carbocycles. The molecule has 35 heavy (non-hydrogen) atoms. The van der Waals surface area contributed by atoms with Crippen LogP contribution < -0.4 is 10.6 Å². The van der Waals surface area contributed by atoms with Crippen LogP contribution in [0.5, 0.6) is 0 Å². The van der Waals surface area contributed by atoms with Crippen molar-refractivity contribution in [2.45, 2.75) is 67.5 Å². The van der Waals surface area contributed by atoms with E-state index in [1.807, 2.05) is 34.6 Å². The predicted octanol–water partition coefficient (Wildman–Crippen LogP) is 3.28. The monoisotopic (exact) mass is 489 g/mol. The van der Waals surface area contributed by atoms with Gasteiger partial charge in [-0.3, -0.25) is 14.4 Å². The highest BCUT2D eigenvalue weighted by molar-refractivity contribution is 6.02. The van der Waals surface area contributed by atoms with Crippen LogP contribution in [0.4, 0.5) is 0 Å². The number of furan rings is 1. The number of amides is 3. The predicted molar refractivity (Wildman–Crippen MR) is 134 cm³/mol. The fraction of sp³-hybridized carbons (Fsp3) is 0.538. The Balaban J connectivity index is 3.28. The van der Waals surface area contributed by atoms with Gasteiger partial charge in [-0.2, -0.15) is 0 Å². The number of ether oxygens (including phenoxy) is 1. The molecule has 0 spiro atoms. The van der Waals surface area contributed by atoms with Crippen molar-refractivity contribution in [1.82, 2.24) is 15.5 Å². The van der Waals surface area contributed by atoms with E-state index in [9.17, 15) is 19.2 Å². The molecular formula is C26H39N3O6. The van der Waals surface area contributed by atoms with Crippen LogP contribution in [-0.4, -0.2) is 54.3 Å². The number of nitrogens with one attached hydrogen (secondary N) is 2. The van der Waals surface area contributed by atoms with Crippen LogP contribution in [0.15, 0.2) is 40.2 Å². The quantitative estimate of drug-likeness (QED) is 0.385. The molecule has 0 bridgehead atoms. The first-order valence-electron chi connectivity index (χ1n) is 11.6. The van der Waals surface area contributed by atoms with Crippen molar-refractivity contribution >= 4 is 29.8 Å². The molecule has 3 amide bonds. The Morgan fingerprint density at radius 3 is 2.26 bits per heavy atom. The third-order valence-electron chi connectivity index (χ3n) is 5.27. The lowest BCUT2D eigenvalue weighted by Crippen LogP contribution is -2.57. The number of hydrogen-bond donors (Lipinski definition) is 2. The zero-order valence-corrected chi connectivity index (χ0v) is 22.2. The van der Waals surface area contributed by atoms with Crippen molar-refractivity contribution in [2.75, 3.05) is 13.7 Å². The van der Waals surface area contributed by atoms with Gasteiger partial charge in [0.1, 0.15) is 17.5 Å². The third-order valence-corrected chi connectivity index (χ3v) is 5.27. The first kappa shape index (κ1) is 29.7. The molecule has 0 radical (unpaired) electrons. The molecule has 9 nitrogen and oxygen atoms in total. The van der Waals surface area contributed by atoms with E-state index in [0.29, 0.717) is 11.3 Å². The number of esters is 1. The van der Waals surface area contributed by atoms with Gasteiger partial charge in [-0.05, 0) is 37.3 Å². The smallest absolute Gasteiger partial charge is 0.333 e. The second kappa shape index (κ2) is 12.9. The Morgan fingerprint density at radius 2 is 1.80 bits per heavy atom. The van der Waals surface area contributed by atoms with Crippen molar-refractivity contribution in [2.24, 2.45) is 11.3 Å². The van der Waals surface area contributed by atoms with Crippen LogP contribution in [0.25, 0.3) is 6.08 Å². The van der Waals surface area contributed by atoms with E-state index >= 15 is 0 Å². The highest BCUT2D eigenvalue weighted by atomic mass is 16.5. The molecule has 0 aliphatic heterocycles. The van der Waals surface area contributed by atoms with Gasteiger partial charge >= 0.3 is 5.97 Å². The Bertz CT molecular complexity index is 954. The minimum absolute atomic E-state index is 0.0153. The largest absolute Gasteiger partial charge is 0.465 e. The second-order valence-electron chi connectivity index (χ2n) is 9.78. The van der Waals surface area contributed by atoms with Crippen molar-refractivity contribution in [3.05, 3.63) is 41.5 Å². The van der Waals surface area contributed by atoms with Crippen LogP contribution in [0, 0.1) is 11.3 Å². The number of carbonyl (C=O) groups is 4. The molecule has 0 aromatic carbocycles. The zero-order valence-electron chi connectivity index (χ0n) is 22.2. The summed E-state index contributed by atoms with van der Waals surface area (Å²) in [7, 11) is 1.64. The van der Waals surface area contributed by atoms with E-state index in [1.165, 1.54) is 24.2 Å². The van der Waals surface area contributed by atoms with Crippen LogP contribution in [0.2, 0.25) is 0 Å². The minimum Gasteiger partial charge on any atom is -0.465 e. The Labute approximate surface area is 207 Å². The van der Waals surface area contributed by atoms with E-state index in [1.54, 1.807) is 39.1 Å². The fourth-order valence-electron chi connectivity index (χ4n) is 3.39. The molecule has 0 fully saturated rings. The second-order valence-corrected chi connectivity index (χ2v) is 9.78. The minimum atomic E-state index is -0.925. The normalized spacial score (nSPS) is 14.2. The molecule has 0 aliphatic rings. The van der Waals surface area contributed by atoms with Crippen molar-refractivity contribution in [3.8, 4) is 0 Å². The maximum Gasteiger partial charge on any atom is 0.333 e. The topological polar surface area (TPSA) is 118 Å². The summed E-state index contributed by atoms with van der Waals surface area (Å²) < 4.78 is 10.3. The van der Waals surface area contributed by atoms with Gasteiger partial charge in [0.2, 0.25) is 11.8 Å². The average Bonchev–Trinajstić information content (AvgIpc) is 3.26. The lowest BCUT2D eigenvalue weighted by molar-refractivity contribution is -0.140. The lowest BCUT2D eigenvalue weighted by atomic mass is 9.85. The molecule has 0 aliphatic carbocycles. The molecule has 194 valence electrons. The van der Waals surface area contributed by atoms with E-state index in [2.05, 4.69) is 10.6 Å². The molecule has 2 atom stereocenters. The van der Waals surface area contributed by atoms with Gasteiger partial charge in [0.15, 0.2) is 0 Å². The maximum atomic E-state index is 13.7. The number of nitrogens with zero attached hydrogens (tertiary/aromatic N) is 1. The van der Waals surface area contributed by atoms with Gasteiger partial charge in [0.25, 0.3) is 5.91 Å². The van der Waals surface area contributed by atoms with Gasteiger partial charge in [0, 0.05) is 25.6 Å². The van der Waals surface area contributed by atoms with Crippen LogP contribution in [-0.2, 0) is 23.9 Å². The zero-order chi connectivity index (χ0) is 26.9. The lowest BCUT2D eigenvalue weighted by Gasteiger charge is -2.37. The molecular weight excluding hydrogens is 450 g/mol. The summed E-state index contributed by atoms with van der Waals surface area (Å²) in [6.45, 7) is 14.3. The molecule has 9 heteroatoms. The van der Waals surface area contributed by atoms with Crippen LogP contribution >= 0.6 is 0 Å². The Kier molecular flexibility index (Phi) is 11.0. The number of rotatable bonds is 10. The van der Waals surface area contributed by atoms with Crippen LogP contribution in [0.1, 0.15) is 61.2 Å². The van der Waals surface area contributed by atoms with Crippen molar-refractivity contribution in [3.63, 3.8) is 0 Å². The third kappa shape index (κ3) is 9.07. The summed E-state index contributed by atoms with van der Waals surface area (Å²) in [5.74, 6) is -1.48. The standard InChI is InChI=1S/C26H39N3O6/c1-10-34-25(33)17(4)14-21(16(2)3)29(9)24(32)22(26(6,7)8)28-23(31)20(27-18(5)30)15-19-12-11-13-35-19/h11-16,21-22H,10H2,1-9H3,(H,27,30)(H,28,31)/b17-14+,20-15-/t21-,22-/m1/s1. The summed E-state index contributed by atoms with van der Waals surface area (Å²) >= 11 is 0. The summed E-state index contributed by atoms with van der Waals surface area (Å²) in [6.07, 6.45) is 4.55. The summed E-state index contributed by atoms with van der Waals surface area (Å²) in [4.78, 5) is 52.2. The van der Waals surface area contributed by atoms with Gasteiger partial charge in [-0.15, -0.1) is 0 Å². The van der Waals surface area contributed by atoms with Crippen molar-refractivity contribution < 1.29 is 28.3 Å². The molecule has 0 saturated heterocycles. The van der Waals surface area contributed by atoms with Crippen LogP contribution in [0.3, 0.4) is 0 Å². The van der Waals surface area contributed by atoms with E-state index in [-0.39, 0.29) is 24.1 Å². The molecule has 2 N–H and O–H groups in total. The first-order chi connectivity index (χ1) is 16.2. The van der Waals surface area contributed by atoms with E-state index < -0.39 is 35.3 Å². The van der Waals surface area contributed by atoms with E-state index in [4.69, 9.17) is 9.15 Å². The molecule has 1 aromatic rings. The summed E-state index contributed by atoms with van der Waals surface area (Å²) in [5, 5.41) is 5.28. The fourth-order valence-corrected chi connectivity index (χ4v) is 3.39.